The first-order chi connectivity index (χ1) is 7.79. The fraction of sp³-hybridized carbons (Fsp3) is 0.154. The SMILES string of the molecule is CC(Nc1cccc(C#N)c1)c1cccs1. The van der Waals surface area contributed by atoms with Crippen LogP contribution in [0, 0.1) is 11.3 Å². The summed E-state index contributed by atoms with van der Waals surface area (Å²) in [7, 11) is 0. The molecule has 0 aliphatic heterocycles. The van der Waals surface area contributed by atoms with E-state index in [9.17, 15) is 0 Å². The second kappa shape index (κ2) is 4.82. The van der Waals surface area contributed by atoms with E-state index in [-0.39, 0.29) is 6.04 Å². The molecule has 2 aromatic rings. The normalized spacial score (nSPS) is 11.8. The van der Waals surface area contributed by atoms with E-state index in [1.807, 2.05) is 24.3 Å². The zero-order valence-electron chi connectivity index (χ0n) is 8.97. The molecule has 2 rings (SSSR count). The number of nitrogens with one attached hydrogen (secondary N) is 1. The quantitative estimate of drug-likeness (QED) is 0.867. The average Bonchev–Trinajstić information content (AvgIpc) is 2.83. The second-order valence-electron chi connectivity index (χ2n) is 3.57. The lowest BCUT2D eigenvalue weighted by Gasteiger charge is -2.13. The molecular weight excluding hydrogens is 216 g/mol. The van der Waals surface area contributed by atoms with Crippen molar-refractivity contribution in [2.24, 2.45) is 0 Å². The highest BCUT2D eigenvalue weighted by atomic mass is 32.1. The molecule has 0 bridgehead atoms. The van der Waals surface area contributed by atoms with E-state index in [0.29, 0.717) is 5.56 Å². The van der Waals surface area contributed by atoms with E-state index in [2.05, 4.69) is 29.8 Å². The van der Waals surface area contributed by atoms with Crippen LogP contribution >= 0.6 is 11.3 Å². The summed E-state index contributed by atoms with van der Waals surface area (Å²) in [4.78, 5) is 1.29. The summed E-state index contributed by atoms with van der Waals surface area (Å²) in [6, 6.07) is 14.1. The number of benzene rings is 1. The number of anilines is 1. The van der Waals surface area contributed by atoms with Crippen LogP contribution in [0.2, 0.25) is 0 Å². The smallest absolute Gasteiger partial charge is 0.0992 e. The molecule has 0 amide bonds. The predicted molar refractivity (Wildman–Crippen MR) is 67.5 cm³/mol. The lowest BCUT2D eigenvalue weighted by atomic mass is 10.2. The molecule has 1 heterocycles. The molecule has 1 aromatic carbocycles. The van der Waals surface area contributed by atoms with Gasteiger partial charge >= 0.3 is 0 Å². The van der Waals surface area contributed by atoms with Gasteiger partial charge in [-0.2, -0.15) is 5.26 Å². The molecule has 0 spiro atoms. The Morgan fingerprint density at radius 2 is 2.19 bits per heavy atom. The molecule has 0 fully saturated rings. The van der Waals surface area contributed by atoms with Gasteiger partial charge < -0.3 is 5.32 Å². The molecular formula is C13H12N2S. The van der Waals surface area contributed by atoms with E-state index < -0.39 is 0 Å². The highest BCUT2D eigenvalue weighted by molar-refractivity contribution is 7.10. The van der Waals surface area contributed by atoms with E-state index >= 15 is 0 Å². The third-order valence-corrected chi connectivity index (χ3v) is 3.40. The van der Waals surface area contributed by atoms with Gasteiger partial charge in [0.15, 0.2) is 0 Å². The van der Waals surface area contributed by atoms with Crippen LogP contribution in [0.3, 0.4) is 0 Å². The Bertz CT molecular complexity index is 497. The Hall–Kier alpha value is -1.79. The van der Waals surface area contributed by atoms with Gasteiger partial charge in [-0.05, 0) is 36.6 Å². The first-order valence-electron chi connectivity index (χ1n) is 5.09. The van der Waals surface area contributed by atoms with Crippen molar-refractivity contribution in [2.45, 2.75) is 13.0 Å². The van der Waals surface area contributed by atoms with Crippen molar-refractivity contribution >= 4 is 17.0 Å². The average molecular weight is 228 g/mol. The third-order valence-electron chi connectivity index (χ3n) is 2.34. The summed E-state index contributed by atoms with van der Waals surface area (Å²) >= 11 is 1.73. The largest absolute Gasteiger partial charge is 0.378 e. The van der Waals surface area contributed by atoms with Crippen LogP contribution in [0.1, 0.15) is 23.4 Å². The molecule has 1 aromatic heterocycles. The standard InChI is InChI=1S/C13H12N2S/c1-10(13-6-3-7-16-13)15-12-5-2-4-11(8-12)9-14/h2-8,10,15H,1H3. The van der Waals surface area contributed by atoms with Crippen molar-refractivity contribution in [1.29, 1.82) is 5.26 Å². The second-order valence-corrected chi connectivity index (χ2v) is 4.55. The van der Waals surface area contributed by atoms with Gasteiger partial charge in [0.25, 0.3) is 0 Å². The first kappa shape index (κ1) is 10.7. The van der Waals surface area contributed by atoms with Crippen molar-refractivity contribution in [3.05, 3.63) is 52.2 Å². The molecule has 1 atom stereocenters. The molecule has 80 valence electrons. The summed E-state index contributed by atoms with van der Waals surface area (Å²) in [5, 5.41) is 14.3. The minimum absolute atomic E-state index is 0.272. The lowest BCUT2D eigenvalue weighted by Crippen LogP contribution is -2.04. The molecule has 0 radical (unpaired) electrons. The van der Waals surface area contributed by atoms with Gasteiger partial charge in [0.05, 0.1) is 17.7 Å². The molecule has 3 heteroatoms. The van der Waals surface area contributed by atoms with Crippen LogP contribution in [-0.4, -0.2) is 0 Å². The molecule has 0 aliphatic carbocycles. The summed E-state index contributed by atoms with van der Waals surface area (Å²) in [6.45, 7) is 2.12. The van der Waals surface area contributed by atoms with Crippen molar-refractivity contribution in [3.63, 3.8) is 0 Å². The summed E-state index contributed by atoms with van der Waals surface area (Å²) in [6.07, 6.45) is 0. The Kier molecular flexibility index (Phi) is 3.23. The monoisotopic (exact) mass is 228 g/mol. The van der Waals surface area contributed by atoms with Crippen molar-refractivity contribution in [3.8, 4) is 6.07 Å². The van der Waals surface area contributed by atoms with Gasteiger partial charge in [-0.3, -0.25) is 0 Å². The molecule has 2 nitrogen and oxygen atoms in total. The Morgan fingerprint density at radius 1 is 1.31 bits per heavy atom. The first-order valence-corrected chi connectivity index (χ1v) is 5.97. The fourth-order valence-electron chi connectivity index (χ4n) is 1.54. The Morgan fingerprint density at radius 3 is 2.88 bits per heavy atom. The van der Waals surface area contributed by atoms with E-state index in [1.165, 1.54) is 4.88 Å². The number of nitriles is 1. The third kappa shape index (κ3) is 2.41. The maximum absolute atomic E-state index is 8.80. The van der Waals surface area contributed by atoms with Crippen LogP contribution in [0.15, 0.2) is 41.8 Å². The number of rotatable bonds is 3. The van der Waals surface area contributed by atoms with Gasteiger partial charge in [0.1, 0.15) is 0 Å². The van der Waals surface area contributed by atoms with E-state index in [0.717, 1.165) is 5.69 Å². The van der Waals surface area contributed by atoms with Gasteiger partial charge in [0.2, 0.25) is 0 Å². The van der Waals surface area contributed by atoms with Gasteiger partial charge in [0, 0.05) is 10.6 Å². The van der Waals surface area contributed by atoms with Crippen LogP contribution < -0.4 is 5.32 Å². The minimum atomic E-state index is 0.272. The topological polar surface area (TPSA) is 35.8 Å². The van der Waals surface area contributed by atoms with Crippen molar-refractivity contribution in [1.82, 2.24) is 0 Å². The molecule has 0 saturated heterocycles. The molecule has 1 unspecified atom stereocenters. The predicted octanol–water partition coefficient (Wildman–Crippen LogP) is 3.79. The minimum Gasteiger partial charge on any atom is -0.378 e. The number of hydrogen-bond acceptors (Lipinski definition) is 3. The highest BCUT2D eigenvalue weighted by Gasteiger charge is 2.05. The Labute approximate surface area is 99.2 Å². The fourth-order valence-corrected chi connectivity index (χ4v) is 2.27. The molecule has 0 aliphatic rings. The molecule has 0 saturated carbocycles. The van der Waals surface area contributed by atoms with Crippen LogP contribution in [0.4, 0.5) is 5.69 Å². The highest BCUT2D eigenvalue weighted by Crippen LogP contribution is 2.23. The van der Waals surface area contributed by atoms with Gasteiger partial charge in [-0.1, -0.05) is 12.1 Å². The van der Waals surface area contributed by atoms with Gasteiger partial charge in [-0.15, -0.1) is 11.3 Å². The van der Waals surface area contributed by atoms with E-state index in [1.54, 1.807) is 17.4 Å². The molecule has 1 N–H and O–H groups in total. The number of hydrogen-bond donors (Lipinski definition) is 1. The summed E-state index contributed by atoms with van der Waals surface area (Å²) in [5.74, 6) is 0. The summed E-state index contributed by atoms with van der Waals surface area (Å²) in [5.41, 5.74) is 1.67. The van der Waals surface area contributed by atoms with Crippen molar-refractivity contribution < 1.29 is 0 Å². The Balaban J connectivity index is 2.12. The van der Waals surface area contributed by atoms with Crippen LogP contribution in [-0.2, 0) is 0 Å². The van der Waals surface area contributed by atoms with Crippen LogP contribution in [0.5, 0.6) is 0 Å². The molecule has 16 heavy (non-hydrogen) atoms. The zero-order chi connectivity index (χ0) is 11.4. The number of thiophene rings is 1. The lowest BCUT2D eigenvalue weighted by molar-refractivity contribution is 0.908. The van der Waals surface area contributed by atoms with Crippen molar-refractivity contribution in [2.75, 3.05) is 5.32 Å². The summed E-state index contributed by atoms with van der Waals surface area (Å²) < 4.78 is 0. The van der Waals surface area contributed by atoms with Crippen LogP contribution in [0.25, 0.3) is 0 Å². The van der Waals surface area contributed by atoms with E-state index in [4.69, 9.17) is 5.26 Å². The maximum Gasteiger partial charge on any atom is 0.0992 e. The maximum atomic E-state index is 8.80. The number of nitrogens with zero attached hydrogens (tertiary/aromatic N) is 1. The van der Waals surface area contributed by atoms with Gasteiger partial charge in [-0.25, -0.2) is 0 Å². The zero-order valence-corrected chi connectivity index (χ0v) is 9.79.